The number of ketones is 1. The zero-order chi connectivity index (χ0) is 45.5. The quantitative estimate of drug-likeness (QED) is 0.0153. The van der Waals surface area contributed by atoms with Crippen LogP contribution >= 0.6 is 0 Å². The van der Waals surface area contributed by atoms with Crippen molar-refractivity contribution in [2.24, 2.45) is 33.8 Å². The SMILES string of the molecule is CC(=O)N[C@@H](CCCN=C(N)N)C(=O)N[C@@H](CCCCN)C(=O)N[C@@H](CC(=O)O)C(=O)N[C@H](C(=O)N[C@@H](Cc1ccc(C(=O)CC[Se]c2ccccc2)cc1)C(N)=O)C(C)C. The zero-order valence-corrected chi connectivity index (χ0v) is 36.5. The third-order valence-electron chi connectivity index (χ3n) is 9.19. The molecular weight excluding hydrogens is 855 g/mol. The van der Waals surface area contributed by atoms with Gasteiger partial charge in [-0.3, -0.25) is 29.0 Å². The normalized spacial score (nSPS) is 13.3. The van der Waals surface area contributed by atoms with Gasteiger partial charge in [0.2, 0.25) is 23.6 Å². The number of nitrogens with two attached hydrogens (primary N) is 4. The summed E-state index contributed by atoms with van der Waals surface area (Å²) < 4.78 is 1.20. The predicted molar refractivity (Wildman–Crippen MR) is 230 cm³/mol. The molecule has 0 spiro atoms. The molecule has 2 aromatic rings. The summed E-state index contributed by atoms with van der Waals surface area (Å²) in [7, 11) is 0. The average molecular weight is 916 g/mol. The first-order chi connectivity index (χ1) is 28.9. The minimum atomic E-state index is -1.70. The summed E-state index contributed by atoms with van der Waals surface area (Å²) in [5.74, 6) is -7.01. The van der Waals surface area contributed by atoms with Crippen LogP contribution in [0.15, 0.2) is 59.6 Å². The predicted octanol–water partition coefficient (Wildman–Crippen LogP) is -1.51. The van der Waals surface area contributed by atoms with Crippen molar-refractivity contribution in [2.45, 2.75) is 108 Å². The van der Waals surface area contributed by atoms with Crippen LogP contribution in [-0.2, 0) is 40.0 Å². The first-order valence-corrected chi connectivity index (χ1v) is 22.0. The number of rotatable bonds is 28. The van der Waals surface area contributed by atoms with Crippen molar-refractivity contribution in [1.29, 1.82) is 0 Å². The third kappa shape index (κ3) is 19.8. The van der Waals surface area contributed by atoms with Crippen LogP contribution < -0.4 is 54.0 Å². The van der Waals surface area contributed by atoms with Gasteiger partial charge in [0.05, 0.1) is 6.42 Å². The molecule has 0 fully saturated rings. The van der Waals surface area contributed by atoms with E-state index >= 15 is 0 Å². The van der Waals surface area contributed by atoms with E-state index in [0.717, 1.165) is 5.32 Å². The number of aliphatic carboxylic acids is 1. The maximum Gasteiger partial charge on any atom is -0.0176 e. The molecule has 2 aromatic carbocycles. The zero-order valence-electron chi connectivity index (χ0n) is 34.8. The number of primary amides is 1. The van der Waals surface area contributed by atoms with E-state index in [2.05, 4.69) is 31.6 Å². The van der Waals surface area contributed by atoms with Gasteiger partial charge in [0, 0.05) is 13.5 Å². The minimum Gasteiger partial charge on any atom is -0.0603 e. The smallest absolute Gasteiger partial charge is 0.0176 e. The summed E-state index contributed by atoms with van der Waals surface area (Å²) in [5, 5.41) is 23.0. The minimum absolute atomic E-state index is 0.0215. The Morgan fingerprint density at radius 1 is 0.705 bits per heavy atom. The molecule has 0 aliphatic carbocycles. The third-order valence-corrected chi connectivity index (χ3v) is 11.3. The number of amides is 6. The Morgan fingerprint density at radius 2 is 1.28 bits per heavy atom. The Bertz CT molecular complexity index is 1830. The number of carboxylic acids is 1. The first-order valence-electron chi connectivity index (χ1n) is 20.0. The Morgan fingerprint density at radius 3 is 1.84 bits per heavy atom. The van der Waals surface area contributed by atoms with Crippen LogP contribution in [0.3, 0.4) is 0 Å². The molecule has 334 valence electrons. The maximum absolute atomic E-state index is 13.6. The number of benzene rings is 2. The number of Topliss-reactive ketones (excluding diaryl/α,β-unsaturated/α-hetero) is 1. The number of unbranched alkanes of at least 4 members (excludes halogenated alkanes) is 1. The van der Waals surface area contributed by atoms with E-state index < -0.39 is 84.0 Å². The molecule has 0 bridgehead atoms. The molecule has 0 aliphatic rings. The van der Waals surface area contributed by atoms with Gasteiger partial charge < -0.3 is 43.6 Å². The van der Waals surface area contributed by atoms with Crippen molar-refractivity contribution >= 4 is 72.6 Å². The average Bonchev–Trinajstić information content (AvgIpc) is 3.20. The van der Waals surface area contributed by atoms with Crippen molar-refractivity contribution in [3.05, 3.63) is 65.7 Å². The van der Waals surface area contributed by atoms with Gasteiger partial charge in [0.1, 0.15) is 18.1 Å². The largest absolute Gasteiger partial charge is 0.0603 e. The Balaban J connectivity index is 2.16. The number of nitrogens with zero attached hydrogens (tertiary/aromatic N) is 1. The molecular formula is C41H60N10O9Se. The van der Waals surface area contributed by atoms with E-state index in [1.54, 1.807) is 38.1 Å². The van der Waals surface area contributed by atoms with Crippen molar-refractivity contribution in [2.75, 3.05) is 13.1 Å². The van der Waals surface area contributed by atoms with E-state index in [9.17, 15) is 43.5 Å². The Hall–Kier alpha value is -5.85. The van der Waals surface area contributed by atoms with E-state index in [0.29, 0.717) is 36.8 Å². The van der Waals surface area contributed by atoms with E-state index in [1.807, 2.05) is 30.3 Å². The molecule has 0 aliphatic heterocycles. The molecule has 61 heavy (non-hydrogen) atoms. The second kappa shape index (κ2) is 27.1. The summed E-state index contributed by atoms with van der Waals surface area (Å²) in [6.45, 7) is 4.89. The monoisotopic (exact) mass is 916 g/mol. The second-order valence-electron chi connectivity index (χ2n) is 14.6. The summed E-state index contributed by atoms with van der Waals surface area (Å²) in [6.07, 6.45) is 0.780. The van der Waals surface area contributed by atoms with Gasteiger partial charge in [-0.25, -0.2) is 0 Å². The molecule has 0 aromatic heterocycles. The van der Waals surface area contributed by atoms with Crippen LogP contribution in [0, 0.1) is 5.92 Å². The number of aliphatic imine (C=N–C) groups is 1. The standard InChI is InChI=1S/C41H60N10O9Se/c1-24(2)35(40(60)49-31(36(43)56)22-26-14-16-27(17-15-26)33(53)18-21-61-28-10-5-4-6-11-28)51-39(59)32(23-34(54)55)50-38(58)30(12-7-8-19-42)48-37(57)29(47-25(3)52)13-9-20-46-41(44)45/h4-6,10-11,14-17,24,29-32,35H,7-9,12-13,18-23,42H2,1-3H3,(H2,43,56)(H,47,52)(H,48,57)(H,49,60)(H,50,58)(H,51,59)(H,54,55)(H4,44,45,46)/t29-,30-,31-,32-,35-/m0/s1. The summed E-state index contributed by atoms with van der Waals surface area (Å²) in [6, 6.07) is 9.97. The van der Waals surface area contributed by atoms with Crippen molar-refractivity contribution in [3.63, 3.8) is 0 Å². The number of carbonyl (C=O) groups is 8. The molecule has 6 amide bonds. The van der Waals surface area contributed by atoms with Gasteiger partial charge in [0.25, 0.3) is 0 Å². The van der Waals surface area contributed by atoms with Crippen molar-refractivity contribution < 1.29 is 43.5 Å². The fourth-order valence-electron chi connectivity index (χ4n) is 5.97. The van der Waals surface area contributed by atoms with Crippen LogP contribution in [0.4, 0.5) is 0 Å². The molecule has 5 atom stereocenters. The number of hydrogen-bond donors (Lipinski definition) is 10. The second-order valence-corrected chi connectivity index (χ2v) is 17.1. The number of carboxylic acid groups (broad SMARTS) is 1. The van der Waals surface area contributed by atoms with Gasteiger partial charge in [0.15, 0.2) is 5.96 Å². The number of carbonyl (C=O) groups excluding carboxylic acids is 7. The van der Waals surface area contributed by atoms with Crippen LogP contribution in [0.25, 0.3) is 0 Å². The molecule has 14 N–H and O–H groups in total. The fourth-order valence-corrected chi connectivity index (χ4v) is 7.80. The Kier molecular flexibility index (Phi) is 22.8. The number of guanidine groups is 1. The van der Waals surface area contributed by atoms with Gasteiger partial charge in [-0.05, 0) is 44.6 Å². The summed E-state index contributed by atoms with van der Waals surface area (Å²) >= 11 is 0.160. The van der Waals surface area contributed by atoms with Gasteiger partial charge in [-0.1, -0.05) is 13.8 Å². The van der Waals surface area contributed by atoms with E-state index in [1.165, 1.54) is 11.4 Å². The van der Waals surface area contributed by atoms with Crippen LogP contribution in [0.1, 0.15) is 81.6 Å². The van der Waals surface area contributed by atoms with Crippen LogP contribution in [0.2, 0.25) is 5.32 Å². The summed E-state index contributed by atoms with van der Waals surface area (Å²) in [5.41, 5.74) is 23.1. The topological polar surface area (TPSA) is 333 Å². The van der Waals surface area contributed by atoms with Crippen LogP contribution in [0.5, 0.6) is 0 Å². The molecule has 0 saturated heterocycles. The van der Waals surface area contributed by atoms with Gasteiger partial charge >= 0.3 is 164 Å². The number of nitrogens with one attached hydrogen (secondary N) is 5. The van der Waals surface area contributed by atoms with E-state index in [4.69, 9.17) is 22.9 Å². The van der Waals surface area contributed by atoms with Crippen molar-refractivity contribution in [3.8, 4) is 0 Å². The van der Waals surface area contributed by atoms with Crippen molar-refractivity contribution in [1.82, 2.24) is 26.6 Å². The maximum atomic E-state index is 13.6. The molecule has 0 saturated carbocycles. The molecule has 0 heterocycles. The van der Waals surface area contributed by atoms with Gasteiger partial charge in [-0.15, -0.1) is 0 Å². The molecule has 2 rings (SSSR count). The molecule has 0 unspecified atom stereocenters. The molecule has 19 nitrogen and oxygen atoms in total. The Labute approximate surface area is 361 Å². The number of hydrogen-bond acceptors (Lipinski definition) is 10. The molecule has 20 heteroatoms. The summed E-state index contributed by atoms with van der Waals surface area (Å²) in [4.78, 5) is 107. The van der Waals surface area contributed by atoms with Gasteiger partial charge in [-0.2, -0.15) is 0 Å². The van der Waals surface area contributed by atoms with E-state index in [-0.39, 0.29) is 59.1 Å². The first kappa shape index (κ1) is 51.3. The van der Waals surface area contributed by atoms with Crippen LogP contribution in [-0.4, -0.2) is 117 Å². The fraction of sp³-hybridized carbons (Fsp3) is 0.488. The molecule has 0 radical (unpaired) electrons.